The quantitative estimate of drug-likeness (QED) is 0.578. The van der Waals surface area contributed by atoms with Crippen molar-refractivity contribution in [3.05, 3.63) is 79.9 Å². The Hall–Kier alpha value is -3.60. The molecule has 0 atom stereocenters. The zero-order valence-corrected chi connectivity index (χ0v) is 14.5. The van der Waals surface area contributed by atoms with Gasteiger partial charge in [-0.2, -0.15) is 4.31 Å². The van der Waals surface area contributed by atoms with Gasteiger partial charge in [-0.15, -0.1) is 0 Å². The van der Waals surface area contributed by atoms with Gasteiger partial charge in [0.05, 0.1) is 15.9 Å². The molecule has 1 heterocycles. The Balaban J connectivity index is 2.22. The average molecular weight is 389 g/mol. The van der Waals surface area contributed by atoms with Crippen molar-refractivity contribution in [2.75, 3.05) is 4.31 Å². The fraction of sp³-hybridized carbons (Fsp3) is 0.0625. The van der Waals surface area contributed by atoms with Crippen molar-refractivity contribution in [1.29, 1.82) is 0 Å². The van der Waals surface area contributed by atoms with Gasteiger partial charge in [0.15, 0.2) is 0 Å². The predicted molar refractivity (Wildman–Crippen MR) is 95.2 cm³/mol. The number of sulfonamides is 1. The first-order valence-corrected chi connectivity index (χ1v) is 8.89. The minimum absolute atomic E-state index is 0.103. The molecule has 0 saturated carbocycles. The van der Waals surface area contributed by atoms with E-state index in [-0.39, 0.29) is 16.0 Å². The highest BCUT2D eigenvalue weighted by atomic mass is 32.2. The van der Waals surface area contributed by atoms with Crippen LogP contribution in [0.25, 0.3) is 4.91 Å². The molecule has 0 N–H and O–H groups in total. The van der Waals surface area contributed by atoms with Crippen molar-refractivity contribution in [2.24, 2.45) is 0 Å². The van der Waals surface area contributed by atoms with Gasteiger partial charge in [-0.3, -0.25) is 25.0 Å². The Bertz CT molecular complexity index is 1120. The maximum absolute atomic E-state index is 13.0. The molecule has 2 aromatic rings. The monoisotopic (exact) mass is 389 g/mol. The molecule has 0 unspecified atom stereocenters. The first kappa shape index (κ1) is 18.2. The molecule has 0 aromatic heterocycles. The third-order valence-electron chi connectivity index (χ3n) is 3.97. The van der Waals surface area contributed by atoms with Crippen molar-refractivity contribution >= 4 is 37.9 Å². The summed E-state index contributed by atoms with van der Waals surface area (Å²) in [6.07, 6.45) is 0. The predicted octanol–water partition coefficient (Wildman–Crippen LogP) is 2.61. The van der Waals surface area contributed by atoms with Gasteiger partial charge in [-0.05, 0) is 18.6 Å². The van der Waals surface area contributed by atoms with Crippen LogP contribution in [-0.4, -0.2) is 24.2 Å². The van der Waals surface area contributed by atoms with Crippen LogP contribution in [0.15, 0.2) is 54.1 Å². The lowest BCUT2D eigenvalue weighted by Crippen LogP contribution is -2.31. The molecule has 0 bridgehead atoms. The number of anilines is 1. The van der Waals surface area contributed by atoms with Crippen LogP contribution < -0.4 is 4.31 Å². The maximum atomic E-state index is 13.0. The van der Waals surface area contributed by atoms with E-state index in [1.807, 2.05) is 0 Å². The normalized spacial score (nSPS) is 15.9. The number of hydrogen-bond donors (Lipinski definition) is 0. The molecule has 2 aromatic carbocycles. The van der Waals surface area contributed by atoms with Gasteiger partial charge in [0, 0.05) is 11.6 Å². The number of rotatable bonds is 4. The van der Waals surface area contributed by atoms with Crippen LogP contribution in [0.4, 0.5) is 17.1 Å². The number of amides is 1. The van der Waals surface area contributed by atoms with Crippen LogP contribution in [0.5, 0.6) is 0 Å². The lowest BCUT2D eigenvalue weighted by Gasteiger charge is -2.16. The number of nitro benzene ring substituents is 2. The van der Waals surface area contributed by atoms with E-state index in [0.717, 1.165) is 12.1 Å². The second kappa shape index (κ2) is 6.29. The molecule has 1 aliphatic heterocycles. The summed E-state index contributed by atoms with van der Waals surface area (Å²) < 4.78 is 26.3. The standard InChI is InChI=1S/C16H11N3O7S/c1-10-15(11-5-3-2-4-6-11)27(25,26)17(16(10)20)13-8-7-12(18(21)22)9-14(13)19(23)24/h2-9H,1H3. The van der Waals surface area contributed by atoms with E-state index in [2.05, 4.69) is 0 Å². The molecule has 0 fully saturated rings. The van der Waals surface area contributed by atoms with Gasteiger partial charge in [0.1, 0.15) is 10.6 Å². The summed E-state index contributed by atoms with van der Waals surface area (Å²) in [4.78, 5) is 32.8. The Morgan fingerprint density at radius 2 is 1.59 bits per heavy atom. The van der Waals surface area contributed by atoms with Crippen molar-refractivity contribution < 1.29 is 23.1 Å². The van der Waals surface area contributed by atoms with Gasteiger partial charge in [0.2, 0.25) is 0 Å². The lowest BCUT2D eigenvalue weighted by atomic mass is 10.1. The molecule has 0 radical (unpaired) electrons. The van der Waals surface area contributed by atoms with Crippen LogP contribution in [0.2, 0.25) is 0 Å². The summed E-state index contributed by atoms with van der Waals surface area (Å²) in [7, 11) is -4.43. The van der Waals surface area contributed by atoms with Crippen LogP contribution >= 0.6 is 0 Å². The first-order valence-electron chi connectivity index (χ1n) is 7.45. The molecule has 3 rings (SSSR count). The van der Waals surface area contributed by atoms with Crippen LogP contribution in [0, 0.1) is 20.2 Å². The van der Waals surface area contributed by atoms with E-state index in [1.54, 1.807) is 18.2 Å². The second-order valence-corrected chi connectivity index (χ2v) is 7.31. The first-order chi connectivity index (χ1) is 12.7. The number of hydrogen-bond acceptors (Lipinski definition) is 7. The highest BCUT2D eigenvalue weighted by Gasteiger charge is 2.46. The van der Waals surface area contributed by atoms with Gasteiger partial charge < -0.3 is 0 Å². The molecule has 1 amide bonds. The average Bonchev–Trinajstić information content (AvgIpc) is 2.79. The van der Waals surface area contributed by atoms with Crippen molar-refractivity contribution in [3.63, 3.8) is 0 Å². The van der Waals surface area contributed by atoms with E-state index < -0.39 is 42.8 Å². The summed E-state index contributed by atoms with van der Waals surface area (Å²) in [5.41, 5.74) is -1.85. The zero-order chi connectivity index (χ0) is 19.9. The second-order valence-electron chi connectivity index (χ2n) is 5.58. The molecule has 0 saturated heterocycles. The molecule has 27 heavy (non-hydrogen) atoms. The minimum atomic E-state index is -4.43. The molecule has 11 heteroatoms. The molecule has 0 spiro atoms. The lowest BCUT2D eigenvalue weighted by molar-refractivity contribution is -0.393. The summed E-state index contributed by atoms with van der Waals surface area (Å²) >= 11 is 0. The van der Waals surface area contributed by atoms with Gasteiger partial charge in [0.25, 0.3) is 21.6 Å². The Morgan fingerprint density at radius 3 is 2.15 bits per heavy atom. The van der Waals surface area contributed by atoms with E-state index in [4.69, 9.17) is 0 Å². The minimum Gasteiger partial charge on any atom is -0.268 e. The van der Waals surface area contributed by atoms with Crippen molar-refractivity contribution in [3.8, 4) is 0 Å². The van der Waals surface area contributed by atoms with E-state index >= 15 is 0 Å². The van der Waals surface area contributed by atoms with E-state index in [0.29, 0.717) is 10.4 Å². The highest BCUT2D eigenvalue weighted by molar-refractivity contribution is 8.03. The van der Waals surface area contributed by atoms with E-state index in [9.17, 15) is 33.4 Å². The Labute approximate surface area is 152 Å². The highest BCUT2D eigenvalue weighted by Crippen LogP contribution is 2.42. The van der Waals surface area contributed by atoms with Crippen LogP contribution in [0.1, 0.15) is 12.5 Å². The van der Waals surface area contributed by atoms with Crippen LogP contribution in [-0.2, 0) is 14.8 Å². The summed E-state index contributed by atoms with van der Waals surface area (Å²) in [5, 5.41) is 22.2. The maximum Gasteiger partial charge on any atom is 0.300 e. The summed E-state index contributed by atoms with van der Waals surface area (Å²) in [5.74, 6) is -0.953. The number of benzene rings is 2. The van der Waals surface area contributed by atoms with Gasteiger partial charge in [-0.1, -0.05) is 30.3 Å². The number of nitro groups is 2. The number of non-ortho nitro benzene ring substituents is 1. The topological polar surface area (TPSA) is 141 Å². The summed E-state index contributed by atoms with van der Waals surface area (Å²) in [6, 6.07) is 10.2. The van der Waals surface area contributed by atoms with Gasteiger partial charge >= 0.3 is 5.69 Å². The molecule has 1 aliphatic rings. The third-order valence-corrected chi connectivity index (χ3v) is 5.87. The van der Waals surface area contributed by atoms with Crippen molar-refractivity contribution in [1.82, 2.24) is 0 Å². The molecule has 10 nitrogen and oxygen atoms in total. The van der Waals surface area contributed by atoms with Gasteiger partial charge in [-0.25, -0.2) is 8.42 Å². The Morgan fingerprint density at radius 1 is 0.963 bits per heavy atom. The SMILES string of the molecule is CC1=C(c2ccccc2)S(=O)(=O)N(c2ccc([N+](=O)[O-])cc2[N+](=O)[O-])C1=O. The van der Waals surface area contributed by atoms with E-state index in [1.165, 1.54) is 19.1 Å². The van der Waals surface area contributed by atoms with Crippen molar-refractivity contribution in [2.45, 2.75) is 6.92 Å². The number of carbonyl (C=O) groups is 1. The largest absolute Gasteiger partial charge is 0.300 e. The molecular weight excluding hydrogens is 378 g/mol. The molecular formula is C16H11N3O7S. The molecule has 0 aliphatic carbocycles. The molecule has 138 valence electrons. The fourth-order valence-electron chi connectivity index (χ4n) is 2.78. The third kappa shape index (κ3) is 2.83. The number of nitrogens with zero attached hydrogens (tertiary/aromatic N) is 3. The van der Waals surface area contributed by atoms with Crippen LogP contribution in [0.3, 0.4) is 0 Å². The number of carbonyl (C=O) groups excluding carboxylic acids is 1. The smallest absolute Gasteiger partial charge is 0.268 e. The Kier molecular flexibility index (Phi) is 4.24. The fourth-order valence-corrected chi connectivity index (χ4v) is 4.64. The zero-order valence-electron chi connectivity index (χ0n) is 13.7. The summed E-state index contributed by atoms with van der Waals surface area (Å²) in [6.45, 7) is 1.30.